The Morgan fingerprint density at radius 3 is 2.52 bits per heavy atom. The Kier molecular flexibility index (Phi) is 5.06. The van der Waals surface area contributed by atoms with Crippen LogP contribution in [0.3, 0.4) is 0 Å². The third-order valence-corrected chi connectivity index (χ3v) is 3.56. The number of azo groups is 1. The molecule has 0 radical (unpaired) electrons. The van der Waals surface area contributed by atoms with E-state index < -0.39 is 5.56 Å². The molecule has 0 atom stereocenters. The van der Waals surface area contributed by atoms with E-state index in [4.69, 9.17) is 17.3 Å². The summed E-state index contributed by atoms with van der Waals surface area (Å²) in [5.74, 6) is 0.262. The Labute approximate surface area is 148 Å². The first-order valence-corrected chi connectivity index (χ1v) is 7.84. The van der Waals surface area contributed by atoms with Crippen molar-refractivity contribution in [2.24, 2.45) is 10.2 Å². The first kappa shape index (κ1) is 16.7. The van der Waals surface area contributed by atoms with E-state index in [1.54, 1.807) is 24.3 Å². The molecule has 1 aromatic heterocycles. The molecule has 2 aromatic carbocycles. The summed E-state index contributed by atoms with van der Waals surface area (Å²) in [7, 11) is 0. The SMILES string of the molecule is Nc1nc(NCc2ccc(Cl)cc2)c(N=Nc2ccccc2)c(=O)[nH]1. The van der Waals surface area contributed by atoms with Crippen LogP contribution in [-0.2, 0) is 6.54 Å². The molecule has 0 saturated heterocycles. The number of nitrogens with one attached hydrogen (secondary N) is 2. The molecule has 0 aliphatic carbocycles. The zero-order chi connectivity index (χ0) is 17.6. The molecule has 3 rings (SSSR count). The van der Waals surface area contributed by atoms with Gasteiger partial charge in [0, 0.05) is 11.6 Å². The van der Waals surface area contributed by atoms with Gasteiger partial charge in [-0.3, -0.25) is 9.78 Å². The fourth-order valence-corrected chi connectivity index (χ4v) is 2.22. The summed E-state index contributed by atoms with van der Waals surface area (Å²) in [5.41, 5.74) is 6.82. The fraction of sp³-hybridized carbons (Fsp3) is 0.0588. The number of halogens is 1. The van der Waals surface area contributed by atoms with Crippen LogP contribution in [0.25, 0.3) is 0 Å². The van der Waals surface area contributed by atoms with Gasteiger partial charge < -0.3 is 11.1 Å². The summed E-state index contributed by atoms with van der Waals surface area (Å²) in [5, 5.41) is 11.8. The van der Waals surface area contributed by atoms with E-state index in [1.807, 2.05) is 30.3 Å². The van der Waals surface area contributed by atoms with Crippen molar-refractivity contribution in [2.45, 2.75) is 6.54 Å². The lowest BCUT2D eigenvalue weighted by Crippen LogP contribution is -2.14. The molecule has 0 bridgehead atoms. The molecule has 25 heavy (non-hydrogen) atoms. The van der Waals surface area contributed by atoms with E-state index in [9.17, 15) is 4.79 Å². The monoisotopic (exact) mass is 354 g/mol. The highest BCUT2D eigenvalue weighted by Gasteiger charge is 2.10. The van der Waals surface area contributed by atoms with E-state index in [2.05, 4.69) is 25.5 Å². The lowest BCUT2D eigenvalue weighted by atomic mass is 10.2. The maximum Gasteiger partial charge on any atom is 0.282 e. The molecule has 8 heteroatoms. The molecular formula is C17H15ClN6O. The molecule has 0 fully saturated rings. The quantitative estimate of drug-likeness (QED) is 0.601. The second kappa shape index (κ2) is 7.59. The highest BCUT2D eigenvalue weighted by molar-refractivity contribution is 6.30. The van der Waals surface area contributed by atoms with Crippen LogP contribution >= 0.6 is 11.6 Å². The molecule has 0 aliphatic rings. The van der Waals surface area contributed by atoms with Gasteiger partial charge in [-0.05, 0) is 29.8 Å². The third kappa shape index (κ3) is 4.42. The van der Waals surface area contributed by atoms with E-state index in [0.29, 0.717) is 17.3 Å². The first-order valence-electron chi connectivity index (χ1n) is 7.47. The van der Waals surface area contributed by atoms with Crippen molar-refractivity contribution in [3.63, 3.8) is 0 Å². The van der Waals surface area contributed by atoms with Crippen molar-refractivity contribution >= 4 is 34.7 Å². The molecule has 4 N–H and O–H groups in total. The molecule has 1 heterocycles. The topological polar surface area (TPSA) is 109 Å². The summed E-state index contributed by atoms with van der Waals surface area (Å²) >= 11 is 5.87. The van der Waals surface area contributed by atoms with Crippen LogP contribution in [0.15, 0.2) is 69.6 Å². The molecule has 0 saturated carbocycles. The number of nitrogen functional groups attached to an aromatic ring is 1. The van der Waals surface area contributed by atoms with Crippen LogP contribution in [-0.4, -0.2) is 9.97 Å². The van der Waals surface area contributed by atoms with Gasteiger partial charge in [-0.1, -0.05) is 41.9 Å². The van der Waals surface area contributed by atoms with Crippen LogP contribution in [0, 0.1) is 0 Å². The molecular weight excluding hydrogens is 340 g/mol. The minimum absolute atomic E-state index is 0.00210. The van der Waals surface area contributed by atoms with Crippen molar-refractivity contribution < 1.29 is 0 Å². The lowest BCUT2D eigenvalue weighted by molar-refractivity contribution is 1.05. The summed E-state index contributed by atoms with van der Waals surface area (Å²) in [6.07, 6.45) is 0. The average Bonchev–Trinajstić information content (AvgIpc) is 2.61. The maximum absolute atomic E-state index is 12.2. The highest BCUT2D eigenvalue weighted by Crippen LogP contribution is 2.22. The van der Waals surface area contributed by atoms with Gasteiger partial charge in [0.2, 0.25) is 5.95 Å². The van der Waals surface area contributed by atoms with Gasteiger partial charge in [0.05, 0.1) is 5.69 Å². The van der Waals surface area contributed by atoms with Gasteiger partial charge in [-0.15, -0.1) is 5.11 Å². The molecule has 7 nitrogen and oxygen atoms in total. The number of rotatable bonds is 5. The highest BCUT2D eigenvalue weighted by atomic mass is 35.5. The number of aromatic amines is 1. The minimum atomic E-state index is -0.467. The summed E-state index contributed by atoms with van der Waals surface area (Å²) < 4.78 is 0. The summed E-state index contributed by atoms with van der Waals surface area (Å²) in [6, 6.07) is 16.4. The Morgan fingerprint density at radius 2 is 1.80 bits per heavy atom. The van der Waals surface area contributed by atoms with Gasteiger partial charge in [-0.2, -0.15) is 10.1 Å². The van der Waals surface area contributed by atoms with Gasteiger partial charge in [0.1, 0.15) is 0 Å². The Bertz CT molecular complexity index is 938. The summed E-state index contributed by atoms with van der Waals surface area (Å²) in [4.78, 5) is 18.7. The maximum atomic E-state index is 12.2. The molecule has 0 amide bonds. The van der Waals surface area contributed by atoms with E-state index in [0.717, 1.165) is 5.56 Å². The van der Waals surface area contributed by atoms with E-state index >= 15 is 0 Å². The molecule has 0 unspecified atom stereocenters. The second-order valence-electron chi connectivity index (χ2n) is 5.16. The Hall–Kier alpha value is -3.19. The van der Waals surface area contributed by atoms with Crippen LogP contribution in [0.4, 0.5) is 23.1 Å². The average molecular weight is 355 g/mol. The van der Waals surface area contributed by atoms with E-state index in [-0.39, 0.29) is 17.5 Å². The normalized spacial score (nSPS) is 10.9. The summed E-state index contributed by atoms with van der Waals surface area (Å²) in [6.45, 7) is 0.431. The van der Waals surface area contributed by atoms with Gasteiger partial charge in [0.25, 0.3) is 5.56 Å². The van der Waals surface area contributed by atoms with Crippen molar-refractivity contribution in [3.05, 3.63) is 75.5 Å². The first-order chi connectivity index (χ1) is 12.1. The fourth-order valence-electron chi connectivity index (χ4n) is 2.09. The number of hydrogen-bond donors (Lipinski definition) is 3. The number of benzene rings is 2. The molecule has 0 aliphatic heterocycles. The van der Waals surface area contributed by atoms with Crippen LogP contribution in [0.1, 0.15) is 5.56 Å². The van der Waals surface area contributed by atoms with E-state index in [1.165, 1.54) is 0 Å². The number of anilines is 2. The predicted molar refractivity (Wildman–Crippen MR) is 98.7 cm³/mol. The van der Waals surface area contributed by atoms with Crippen molar-refractivity contribution in [1.82, 2.24) is 9.97 Å². The zero-order valence-corrected chi connectivity index (χ0v) is 13.9. The van der Waals surface area contributed by atoms with Crippen molar-refractivity contribution in [1.29, 1.82) is 0 Å². The number of nitrogens with zero attached hydrogens (tertiary/aromatic N) is 3. The van der Waals surface area contributed by atoms with Crippen LogP contribution < -0.4 is 16.6 Å². The smallest absolute Gasteiger partial charge is 0.282 e. The number of nitrogens with two attached hydrogens (primary N) is 1. The van der Waals surface area contributed by atoms with Crippen molar-refractivity contribution in [3.8, 4) is 0 Å². The largest absolute Gasteiger partial charge is 0.369 e. The molecule has 126 valence electrons. The van der Waals surface area contributed by atoms with Crippen molar-refractivity contribution in [2.75, 3.05) is 11.1 Å². The lowest BCUT2D eigenvalue weighted by Gasteiger charge is -2.08. The number of aromatic nitrogens is 2. The van der Waals surface area contributed by atoms with Gasteiger partial charge >= 0.3 is 0 Å². The number of hydrogen-bond acceptors (Lipinski definition) is 6. The predicted octanol–water partition coefficient (Wildman–Crippen LogP) is 4.03. The van der Waals surface area contributed by atoms with Gasteiger partial charge in [0.15, 0.2) is 11.5 Å². The Balaban J connectivity index is 1.86. The number of H-pyrrole nitrogens is 1. The molecule has 3 aromatic rings. The third-order valence-electron chi connectivity index (χ3n) is 3.31. The van der Waals surface area contributed by atoms with Crippen LogP contribution in [0.2, 0.25) is 5.02 Å². The Morgan fingerprint density at radius 1 is 1.08 bits per heavy atom. The zero-order valence-electron chi connectivity index (χ0n) is 13.1. The standard InChI is InChI=1S/C17H15ClN6O/c18-12-8-6-11(7-9-12)10-20-15-14(16(25)22-17(19)21-15)24-23-13-4-2-1-3-5-13/h1-9H,10H2,(H4,19,20,21,22,25). The minimum Gasteiger partial charge on any atom is -0.369 e. The van der Waals surface area contributed by atoms with Crippen LogP contribution in [0.5, 0.6) is 0 Å². The molecule has 0 spiro atoms. The second-order valence-corrected chi connectivity index (χ2v) is 5.60. The van der Waals surface area contributed by atoms with Gasteiger partial charge in [-0.25, -0.2) is 0 Å².